The summed E-state index contributed by atoms with van der Waals surface area (Å²) in [7, 11) is 1.84. The first kappa shape index (κ1) is 10.5. The van der Waals surface area contributed by atoms with Gasteiger partial charge in [-0.1, -0.05) is 0 Å². The highest BCUT2D eigenvalue weighted by atomic mass is 16.5. The van der Waals surface area contributed by atoms with Gasteiger partial charge in [0.15, 0.2) is 0 Å². The van der Waals surface area contributed by atoms with Crippen LogP contribution in [0.1, 0.15) is 10.4 Å². The summed E-state index contributed by atoms with van der Waals surface area (Å²) in [6.07, 6.45) is 1.40. The van der Waals surface area contributed by atoms with Gasteiger partial charge < -0.3 is 15.8 Å². The smallest absolute Gasteiger partial charge is 0.250 e. The van der Waals surface area contributed by atoms with Gasteiger partial charge in [0.1, 0.15) is 6.61 Å². The molecular weight excluding hydrogens is 182 g/mol. The van der Waals surface area contributed by atoms with Crippen LogP contribution >= 0.6 is 0 Å². The predicted octanol–water partition coefficient (Wildman–Crippen LogP) is -0.221. The zero-order chi connectivity index (χ0) is 10.4. The molecule has 0 bridgehead atoms. The molecule has 0 atom stereocenters. The van der Waals surface area contributed by atoms with E-state index in [2.05, 4.69) is 10.3 Å². The standard InChI is InChI=1S/C9H13N3O2/c1-11-4-5-14-8-3-2-7(6-12-8)9(10)13/h2-3,6,11H,4-5H2,1H3,(H2,10,13). The van der Waals surface area contributed by atoms with Crippen molar-refractivity contribution < 1.29 is 9.53 Å². The molecule has 0 unspecified atom stereocenters. The number of carbonyl (C=O) groups excluding carboxylic acids is 1. The highest BCUT2D eigenvalue weighted by molar-refractivity contribution is 5.92. The first-order chi connectivity index (χ1) is 6.74. The number of rotatable bonds is 5. The van der Waals surface area contributed by atoms with Crippen LogP contribution < -0.4 is 15.8 Å². The highest BCUT2D eigenvalue weighted by Gasteiger charge is 2.00. The molecule has 0 radical (unpaired) electrons. The van der Waals surface area contributed by atoms with Crippen molar-refractivity contribution in [3.8, 4) is 5.88 Å². The Bertz CT molecular complexity index is 297. The van der Waals surface area contributed by atoms with Crippen molar-refractivity contribution in [2.24, 2.45) is 5.73 Å². The Balaban J connectivity index is 2.51. The molecule has 76 valence electrons. The van der Waals surface area contributed by atoms with Crippen LogP contribution in [0.15, 0.2) is 18.3 Å². The molecule has 5 heteroatoms. The first-order valence-electron chi connectivity index (χ1n) is 4.27. The predicted molar refractivity (Wildman–Crippen MR) is 52.2 cm³/mol. The number of ether oxygens (including phenoxy) is 1. The zero-order valence-electron chi connectivity index (χ0n) is 7.99. The van der Waals surface area contributed by atoms with Gasteiger partial charge in [-0.2, -0.15) is 0 Å². The molecular formula is C9H13N3O2. The van der Waals surface area contributed by atoms with Gasteiger partial charge in [0.25, 0.3) is 0 Å². The van der Waals surface area contributed by atoms with Crippen LogP contribution in [-0.2, 0) is 0 Å². The number of aromatic nitrogens is 1. The molecule has 1 amide bonds. The minimum atomic E-state index is -0.487. The largest absolute Gasteiger partial charge is 0.476 e. The molecule has 3 N–H and O–H groups in total. The van der Waals surface area contributed by atoms with Crippen molar-refractivity contribution >= 4 is 5.91 Å². The third-order valence-electron chi connectivity index (χ3n) is 1.62. The minimum absolute atomic E-state index is 0.381. The van der Waals surface area contributed by atoms with E-state index >= 15 is 0 Å². The summed E-state index contributed by atoms with van der Waals surface area (Å²) < 4.78 is 5.26. The Morgan fingerprint density at radius 1 is 1.64 bits per heavy atom. The second kappa shape index (κ2) is 5.18. The number of pyridine rings is 1. The van der Waals surface area contributed by atoms with E-state index < -0.39 is 5.91 Å². The number of nitrogens with one attached hydrogen (secondary N) is 1. The average Bonchev–Trinajstić information content (AvgIpc) is 2.19. The fourth-order valence-electron chi connectivity index (χ4n) is 0.869. The third-order valence-corrected chi connectivity index (χ3v) is 1.62. The molecule has 1 aromatic heterocycles. The Morgan fingerprint density at radius 3 is 2.93 bits per heavy atom. The van der Waals surface area contributed by atoms with Crippen LogP contribution in [0.3, 0.4) is 0 Å². The summed E-state index contributed by atoms with van der Waals surface area (Å²) in [5.41, 5.74) is 5.44. The number of nitrogens with zero attached hydrogens (tertiary/aromatic N) is 1. The minimum Gasteiger partial charge on any atom is -0.476 e. The van der Waals surface area contributed by atoms with Crippen LogP contribution in [-0.4, -0.2) is 31.1 Å². The van der Waals surface area contributed by atoms with E-state index in [0.29, 0.717) is 18.1 Å². The highest BCUT2D eigenvalue weighted by Crippen LogP contribution is 2.06. The Morgan fingerprint density at radius 2 is 2.43 bits per heavy atom. The molecule has 0 aromatic carbocycles. The van der Waals surface area contributed by atoms with Crippen LogP contribution in [0.5, 0.6) is 5.88 Å². The van der Waals surface area contributed by atoms with E-state index in [9.17, 15) is 4.79 Å². The molecule has 1 heterocycles. The molecule has 0 spiro atoms. The normalized spacial score (nSPS) is 9.79. The molecule has 1 rings (SSSR count). The summed E-state index contributed by atoms with van der Waals surface area (Å²) in [6.45, 7) is 1.29. The van der Waals surface area contributed by atoms with Gasteiger partial charge in [-0.15, -0.1) is 0 Å². The lowest BCUT2D eigenvalue weighted by molar-refractivity contribution is 0.1000. The van der Waals surface area contributed by atoms with Crippen molar-refractivity contribution in [2.75, 3.05) is 20.2 Å². The number of hydrogen-bond acceptors (Lipinski definition) is 4. The lowest BCUT2D eigenvalue weighted by Crippen LogP contribution is -2.16. The molecule has 0 aliphatic carbocycles. The summed E-state index contributed by atoms with van der Waals surface area (Å²) >= 11 is 0. The van der Waals surface area contributed by atoms with Crippen molar-refractivity contribution in [1.82, 2.24) is 10.3 Å². The zero-order valence-corrected chi connectivity index (χ0v) is 7.99. The molecule has 14 heavy (non-hydrogen) atoms. The summed E-state index contributed by atoms with van der Waals surface area (Å²) in [5, 5.41) is 2.94. The number of nitrogens with two attached hydrogens (primary N) is 1. The van der Waals surface area contributed by atoms with E-state index in [-0.39, 0.29) is 0 Å². The van der Waals surface area contributed by atoms with E-state index in [1.165, 1.54) is 6.20 Å². The monoisotopic (exact) mass is 195 g/mol. The number of likely N-dealkylation sites (N-methyl/N-ethyl adjacent to an activating group) is 1. The summed E-state index contributed by atoms with van der Waals surface area (Å²) in [4.78, 5) is 14.6. The summed E-state index contributed by atoms with van der Waals surface area (Å²) in [5.74, 6) is 0.00419. The third kappa shape index (κ3) is 3.02. The van der Waals surface area contributed by atoms with Crippen LogP contribution in [0.4, 0.5) is 0 Å². The Kier molecular flexibility index (Phi) is 3.87. The number of carbonyl (C=O) groups is 1. The maximum Gasteiger partial charge on any atom is 0.250 e. The molecule has 0 saturated carbocycles. The van der Waals surface area contributed by atoms with E-state index in [0.717, 1.165) is 6.54 Å². The molecule has 5 nitrogen and oxygen atoms in total. The number of amides is 1. The van der Waals surface area contributed by atoms with Crippen LogP contribution in [0.2, 0.25) is 0 Å². The van der Waals surface area contributed by atoms with Gasteiger partial charge in [0, 0.05) is 18.8 Å². The van der Waals surface area contributed by atoms with Gasteiger partial charge in [0.05, 0.1) is 5.56 Å². The number of primary amides is 1. The SMILES string of the molecule is CNCCOc1ccc(C(N)=O)cn1. The quantitative estimate of drug-likeness (QED) is 0.637. The van der Waals surface area contributed by atoms with Gasteiger partial charge in [-0.25, -0.2) is 4.98 Å². The maximum absolute atomic E-state index is 10.7. The lowest BCUT2D eigenvalue weighted by atomic mass is 10.3. The fourth-order valence-corrected chi connectivity index (χ4v) is 0.869. The van der Waals surface area contributed by atoms with E-state index in [4.69, 9.17) is 10.5 Å². The fraction of sp³-hybridized carbons (Fsp3) is 0.333. The Hall–Kier alpha value is -1.62. The van der Waals surface area contributed by atoms with Crippen molar-refractivity contribution in [1.29, 1.82) is 0 Å². The van der Waals surface area contributed by atoms with Crippen molar-refractivity contribution in [3.63, 3.8) is 0 Å². The van der Waals surface area contributed by atoms with Gasteiger partial charge in [-0.05, 0) is 13.1 Å². The first-order valence-corrected chi connectivity index (χ1v) is 4.27. The van der Waals surface area contributed by atoms with E-state index in [1.54, 1.807) is 12.1 Å². The van der Waals surface area contributed by atoms with Crippen LogP contribution in [0.25, 0.3) is 0 Å². The maximum atomic E-state index is 10.7. The van der Waals surface area contributed by atoms with Gasteiger partial charge in [-0.3, -0.25) is 4.79 Å². The second-order valence-corrected chi connectivity index (χ2v) is 2.70. The molecule has 0 aliphatic heterocycles. The van der Waals surface area contributed by atoms with Crippen molar-refractivity contribution in [2.45, 2.75) is 0 Å². The lowest BCUT2D eigenvalue weighted by Gasteiger charge is -2.04. The second-order valence-electron chi connectivity index (χ2n) is 2.70. The van der Waals surface area contributed by atoms with Crippen LogP contribution in [0, 0.1) is 0 Å². The molecule has 0 fully saturated rings. The van der Waals surface area contributed by atoms with E-state index in [1.807, 2.05) is 7.05 Å². The number of hydrogen-bond donors (Lipinski definition) is 2. The van der Waals surface area contributed by atoms with Gasteiger partial charge >= 0.3 is 0 Å². The average molecular weight is 195 g/mol. The molecule has 1 aromatic rings. The Labute approximate surface area is 82.3 Å². The molecule has 0 aliphatic rings. The topological polar surface area (TPSA) is 77.2 Å². The van der Waals surface area contributed by atoms with Crippen molar-refractivity contribution in [3.05, 3.63) is 23.9 Å². The summed E-state index contributed by atoms with van der Waals surface area (Å²) in [6, 6.07) is 3.21. The van der Waals surface area contributed by atoms with Gasteiger partial charge in [0.2, 0.25) is 11.8 Å². The molecule has 0 saturated heterocycles.